The molecule has 2 saturated heterocycles. The monoisotopic (exact) mass is 468 g/mol. The van der Waals surface area contributed by atoms with Gasteiger partial charge in [0.05, 0.1) is 30.4 Å². The molecule has 34 heavy (non-hydrogen) atoms. The van der Waals surface area contributed by atoms with Crippen molar-refractivity contribution < 1.29 is 13.9 Å². The second-order valence-electron chi connectivity index (χ2n) is 9.87. The van der Waals surface area contributed by atoms with E-state index in [9.17, 15) is 9.18 Å². The van der Waals surface area contributed by atoms with E-state index >= 15 is 0 Å². The topological polar surface area (TPSA) is 114 Å². The van der Waals surface area contributed by atoms with Gasteiger partial charge in [-0.05, 0) is 26.2 Å². The van der Waals surface area contributed by atoms with E-state index in [1.165, 1.54) is 0 Å². The van der Waals surface area contributed by atoms with Gasteiger partial charge < -0.3 is 25.2 Å². The van der Waals surface area contributed by atoms with Gasteiger partial charge in [-0.15, -0.1) is 0 Å². The van der Waals surface area contributed by atoms with E-state index < -0.39 is 12.1 Å². The highest BCUT2D eigenvalue weighted by atomic mass is 19.1. The minimum atomic E-state index is -0.972. The number of alkyl halides is 1. The summed E-state index contributed by atoms with van der Waals surface area (Å²) in [6.07, 6.45) is 4.41. The lowest BCUT2D eigenvalue weighted by atomic mass is 9.99. The van der Waals surface area contributed by atoms with E-state index in [2.05, 4.69) is 26.7 Å². The van der Waals surface area contributed by atoms with Gasteiger partial charge in [0.25, 0.3) is 0 Å². The maximum absolute atomic E-state index is 13.5. The number of morpholine rings is 1. The number of carbonyl (C=O) groups excluding carboxylic acids is 1. The fraction of sp³-hybridized carbons (Fsp3) is 0.609. The smallest absolute Gasteiger partial charge is 0.228 e. The maximum atomic E-state index is 13.5. The third-order valence-electron chi connectivity index (χ3n) is 7.50. The molecule has 1 aliphatic carbocycles. The Labute approximate surface area is 197 Å². The fourth-order valence-corrected chi connectivity index (χ4v) is 5.38. The van der Waals surface area contributed by atoms with Crippen molar-refractivity contribution in [2.24, 2.45) is 5.92 Å². The summed E-state index contributed by atoms with van der Waals surface area (Å²) in [7, 11) is 0. The number of carbonyl (C=O) groups is 1. The first kappa shape index (κ1) is 21.5. The van der Waals surface area contributed by atoms with E-state index in [1.54, 1.807) is 12.4 Å². The average Bonchev–Trinajstić information content (AvgIpc) is 3.23. The summed E-state index contributed by atoms with van der Waals surface area (Å²) in [6.45, 7) is 6.90. The molecule has 10 nitrogen and oxygen atoms in total. The van der Waals surface area contributed by atoms with Crippen LogP contribution < -0.4 is 15.5 Å². The number of aromatic nitrogens is 4. The number of nitrogens with zero attached hydrogens (tertiary/aromatic N) is 7. The molecule has 180 valence electrons. The van der Waals surface area contributed by atoms with E-state index in [0.717, 1.165) is 55.1 Å². The molecule has 3 fully saturated rings. The predicted molar refractivity (Wildman–Crippen MR) is 124 cm³/mol. The molecule has 6 rings (SSSR count). The Balaban J connectivity index is 1.36. The highest BCUT2D eigenvalue weighted by Crippen LogP contribution is 2.43. The molecule has 2 N–H and O–H groups in total. The van der Waals surface area contributed by atoms with Gasteiger partial charge in [0.2, 0.25) is 17.8 Å². The number of ether oxygens (including phenoxy) is 1. The van der Waals surface area contributed by atoms with Crippen LogP contribution in [0.5, 0.6) is 0 Å². The molecule has 0 bridgehead atoms. The summed E-state index contributed by atoms with van der Waals surface area (Å²) in [4.78, 5) is 37.3. The molecule has 2 aromatic heterocycles. The molecule has 0 aromatic carbocycles. The normalized spacial score (nSPS) is 28.4. The lowest BCUT2D eigenvalue weighted by Gasteiger charge is -2.37. The van der Waals surface area contributed by atoms with E-state index in [-0.39, 0.29) is 17.4 Å². The molecule has 3 aliphatic heterocycles. The molecule has 1 amide bonds. The minimum Gasteiger partial charge on any atom is -0.378 e. The average molecular weight is 469 g/mol. The van der Waals surface area contributed by atoms with Crippen LogP contribution in [0.3, 0.4) is 0 Å². The summed E-state index contributed by atoms with van der Waals surface area (Å²) in [5.41, 5.74) is 8.13. The highest BCUT2D eigenvalue weighted by molar-refractivity contribution is 5.83. The Morgan fingerprint density at radius 2 is 1.91 bits per heavy atom. The number of rotatable bonds is 4. The number of likely N-dealkylation sites (tertiary alicyclic amines) is 1. The molecule has 4 aliphatic rings. The number of amides is 1. The summed E-state index contributed by atoms with van der Waals surface area (Å²) in [5.74, 6) is 1.29. The van der Waals surface area contributed by atoms with Gasteiger partial charge >= 0.3 is 0 Å². The number of halogens is 1. The quantitative estimate of drug-likeness (QED) is 0.704. The van der Waals surface area contributed by atoms with Gasteiger partial charge in [0.15, 0.2) is 0 Å². The zero-order valence-electron chi connectivity index (χ0n) is 19.3. The fourth-order valence-electron chi connectivity index (χ4n) is 5.38. The van der Waals surface area contributed by atoms with Crippen molar-refractivity contribution in [3.63, 3.8) is 0 Å². The third kappa shape index (κ3) is 3.62. The standard InChI is InChI=1S/C23H29FN8O2/c1-23(3-5-31(13-23)20(33)16-10-17(16)24)32-4-2-15-18(14-11-26-21(25)27-12-14)28-22(29-19(15)32)30-6-8-34-9-7-30/h11-12,16-17H,2-10,13H2,1H3,(H2,25,26,27)/t16-,17+,23+/m1/s1. The van der Waals surface area contributed by atoms with Crippen molar-refractivity contribution >= 4 is 23.6 Å². The molecule has 0 radical (unpaired) electrons. The van der Waals surface area contributed by atoms with Crippen molar-refractivity contribution in [3.8, 4) is 11.3 Å². The molecule has 0 spiro atoms. The third-order valence-corrected chi connectivity index (χ3v) is 7.50. The lowest BCUT2D eigenvalue weighted by Crippen LogP contribution is -2.49. The molecular weight excluding hydrogens is 439 g/mol. The van der Waals surface area contributed by atoms with Crippen LogP contribution >= 0.6 is 0 Å². The lowest BCUT2D eigenvalue weighted by molar-refractivity contribution is -0.132. The Kier molecular flexibility index (Phi) is 5.05. The molecule has 2 aromatic rings. The second-order valence-corrected chi connectivity index (χ2v) is 9.87. The minimum absolute atomic E-state index is 0.0490. The molecular formula is C23H29FN8O2. The van der Waals surface area contributed by atoms with Crippen LogP contribution in [-0.4, -0.2) is 88.4 Å². The Morgan fingerprint density at radius 3 is 2.62 bits per heavy atom. The summed E-state index contributed by atoms with van der Waals surface area (Å²) in [5, 5.41) is 0. The van der Waals surface area contributed by atoms with Crippen LogP contribution in [0.4, 0.5) is 22.1 Å². The molecule has 3 atom stereocenters. The Hall–Kier alpha value is -3.08. The summed E-state index contributed by atoms with van der Waals surface area (Å²) >= 11 is 0. The van der Waals surface area contributed by atoms with Crippen molar-refractivity contribution in [1.82, 2.24) is 24.8 Å². The van der Waals surface area contributed by atoms with Gasteiger partial charge in [0.1, 0.15) is 12.0 Å². The van der Waals surface area contributed by atoms with Crippen molar-refractivity contribution in [1.29, 1.82) is 0 Å². The van der Waals surface area contributed by atoms with Gasteiger partial charge in [-0.1, -0.05) is 0 Å². The SMILES string of the molecule is C[C@]1(N2CCc3c(-c4cnc(N)nc4)nc(N4CCOCC4)nc32)CCN(C(=O)[C@@H]2C[C@@H]2F)C1. The predicted octanol–water partition coefficient (Wildman–Crippen LogP) is 1.06. The van der Waals surface area contributed by atoms with Crippen molar-refractivity contribution in [3.05, 3.63) is 18.0 Å². The first-order valence-corrected chi connectivity index (χ1v) is 11.9. The second kappa shape index (κ2) is 8.00. The van der Waals surface area contributed by atoms with E-state index in [0.29, 0.717) is 38.7 Å². The van der Waals surface area contributed by atoms with E-state index in [1.807, 2.05) is 4.90 Å². The highest BCUT2D eigenvalue weighted by Gasteiger charge is 2.50. The van der Waals surface area contributed by atoms with Crippen molar-refractivity contribution in [2.45, 2.75) is 37.9 Å². The van der Waals surface area contributed by atoms with Crippen LogP contribution in [0.25, 0.3) is 11.3 Å². The Morgan fingerprint density at radius 1 is 1.18 bits per heavy atom. The summed E-state index contributed by atoms with van der Waals surface area (Å²) < 4.78 is 19.0. The number of anilines is 3. The van der Waals surface area contributed by atoms with Gasteiger partial charge in [-0.2, -0.15) is 4.98 Å². The molecule has 5 heterocycles. The largest absolute Gasteiger partial charge is 0.378 e. The zero-order chi connectivity index (χ0) is 23.4. The van der Waals surface area contributed by atoms with Crippen LogP contribution in [0.2, 0.25) is 0 Å². The number of hydrogen-bond donors (Lipinski definition) is 1. The number of nitrogens with two attached hydrogens (primary N) is 1. The number of nitrogen functional groups attached to an aromatic ring is 1. The van der Waals surface area contributed by atoms with Crippen LogP contribution in [0.15, 0.2) is 12.4 Å². The zero-order valence-corrected chi connectivity index (χ0v) is 19.3. The van der Waals surface area contributed by atoms with Crippen LogP contribution in [-0.2, 0) is 16.0 Å². The van der Waals surface area contributed by atoms with Crippen LogP contribution in [0, 0.1) is 5.92 Å². The number of fused-ring (bicyclic) bond motifs is 1. The van der Waals surface area contributed by atoms with E-state index in [4.69, 9.17) is 20.4 Å². The number of hydrogen-bond acceptors (Lipinski definition) is 9. The first-order chi connectivity index (χ1) is 16.4. The first-order valence-electron chi connectivity index (χ1n) is 11.9. The Bertz CT molecular complexity index is 1110. The maximum Gasteiger partial charge on any atom is 0.228 e. The van der Waals surface area contributed by atoms with Crippen molar-refractivity contribution in [2.75, 3.05) is 61.5 Å². The molecule has 1 saturated carbocycles. The molecule has 11 heteroatoms. The van der Waals surface area contributed by atoms with Gasteiger partial charge in [-0.3, -0.25) is 4.79 Å². The van der Waals surface area contributed by atoms with Crippen LogP contribution in [0.1, 0.15) is 25.3 Å². The van der Waals surface area contributed by atoms with Gasteiger partial charge in [0, 0.05) is 56.2 Å². The summed E-state index contributed by atoms with van der Waals surface area (Å²) in [6, 6.07) is 0. The van der Waals surface area contributed by atoms with Gasteiger partial charge in [-0.25, -0.2) is 19.3 Å². The molecule has 0 unspecified atom stereocenters.